The second kappa shape index (κ2) is 8.28. The molecule has 3 N–H and O–H groups in total. The maximum absolute atomic E-state index is 12.8. The zero-order valence-corrected chi connectivity index (χ0v) is 17.3. The number of nitrogens with one attached hydrogen (secondary N) is 3. The van der Waals surface area contributed by atoms with Crippen molar-refractivity contribution in [2.45, 2.75) is 6.50 Å². The predicted molar refractivity (Wildman–Crippen MR) is 128 cm³/mol. The first-order valence-electron chi connectivity index (χ1n) is 12.1. The van der Waals surface area contributed by atoms with Gasteiger partial charge in [0.15, 0.2) is 0 Å². The quantitative estimate of drug-likeness (QED) is 0.313. The number of anilines is 2. The average molecular weight is 451 g/mol. The maximum atomic E-state index is 12.8. The number of amides is 2. The molecule has 0 atom stereocenters. The van der Waals surface area contributed by atoms with Crippen molar-refractivity contribution in [1.82, 2.24) is 14.5 Å². The number of methoxy groups -OCH3 is 1. The Hall–Kier alpha value is -3.97. The number of hydrogen-bond donors (Lipinski definition) is 3. The summed E-state index contributed by atoms with van der Waals surface area (Å²) >= 11 is 6.02. The summed E-state index contributed by atoms with van der Waals surface area (Å²) in [5, 5.41) is 6.84. The first-order chi connectivity index (χ1) is 17.5. The highest BCUT2D eigenvalue weighted by atomic mass is 35.5. The molecule has 0 saturated heterocycles. The number of carbonyl (C=O) groups excluding carboxylic acids is 1. The highest BCUT2D eigenvalue weighted by Gasteiger charge is 2.12. The van der Waals surface area contributed by atoms with Gasteiger partial charge in [0, 0.05) is 40.9 Å². The number of aromatic amines is 1. The van der Waals surface area contributed by atoms with Crippen LogP contribution in [0.25, 0.3) is 21.9 Å². The van der Waals surface area contributed by atoms with Crippen LogP contribution in [-0.4, -0.2) is 27.6 Å². The van der Waals surface area contributed by atoms with Gasteiger partial charge >= 0.3 is 6.03 Å². The Morgan fingerprint density at radius 3 is 3.00 bits per heavy atom. The van der Waals surface area contributed by atoms with Crippen molar-refractivity contribution < 1.29 is 16.4 Å². The third-order valence-electron chi connectivity index (χ3n) is 4.97. The van der Waals surface area contributed by atoms with Gasteiger partial charge in [-0.15, -0.1) is 0 Å². The van der Waals surface area contributed by atoms with Crippen LogP contribution < -0.4 is 15.4 Å². The average Bonchev–Trinajstić information content (AvgIpc) is 3.46. The molecule has 0 fully saturated rings. The summed E-state index contributed by atoms with van der Waals surface area (Å²) in [4.78, 5) is 20.1. The lowest BCUT2D eigenvalue weighted by atomic mass is 10.2. The summed E-state index contributed by atoms with van der Waals surface area (Å²) in [5.74, 6) is -0.0645. The summed E-state index contributed by atoms with van der Waals surface area (Å²) in [7, 11) is -2.71. The number of carbonyl (C=O) groups is 1. The van der Waals surface area contributed by atoms with Crippen molar-refractivity contribution in [1.29, 1.82) is 0 Å². The van der Waals surface area contributed by atoms with Gasteiger partial charge in [-0.2, -0.15) is 0 Å². The Labute approximate surface area is 196 Å². The number of ether oxygens (including phenoxy) is 1. The highest BCUT2D eigenvalue weighted by Crippen LogP contribution is 2.29. The van der Waals surface area contributed by atoms with Gasteiger partial charge < -0.3 is 24.9 Å². The van der Waals surface area contributed by atoms with Crippen LogP contribution in [0.3, 0.4) is 0 Å². The van der Waals surface area contributed by atoms with Gasteiger partial charge in [-0.05, 0) is 54.1 Å². The highest BCUT2D eigenvalue weighted by molar-refractivity contribution is 6.31. The minimum atomic E-state index is -2.71. The van der Waals surface area contributed by atoms with Gasteiger partial charge in [-0.1, -0.05) is 17.7 Å². The van der Waals surface area contributed by atoms with E-state index < -0.39 is 19.6 Å². The minimum Gasteiger partial charge on any atom is -0.495 e. The van der Waals surface area contributed by atoms with Gasteiger partial charge in [0.25, 0.3) is 0 Å². The van der Waals surface area contributed by atoms with Crippen LogP contribution in [0.1, 0.15) is 12.4 Å². The fourth-order valence-electron chi connectivity index (χ4n) is 3.52. The number of hydrogen-bond acceptors (Lipinski definition) is 3. The lowest BCUT2D eigenvalue weighted by Gasteiger charge is -2.12. The van der Waals surface area contributed by atoms with E-state index in [1.807, 2.05) is 0 Å². The second-order valence-electron chi connectivity index (χ2n) is 6.96. The smallest absolute Gasteiger partial charge is 0.323 e. The van der Waals surface area contributed by atoms with E-state index in [0.717, 1.165) is 0 Å². The number of H-pyrrole nitrogens is 1. The first kappa shape index (κ1) is 14.9. The zero-order chi connectivity index (χ0) is 26.4. The van der Waals surface area contributed by atoms with E-state index in [1.165, 1.54) is 22.8 Å². The molecule has 2 aromatic carbocycles. The third-order valence-corrected chi connectivity index (χ3v) is 5.21. The Morgan fingerprint density at radius 2 is 2.09 bits per heavy atom. The number of rotatable bonds is 5. The molecule has 0 unspecified atom stereocenters. The van der Waals surface area contributed by atoms with Crippen molar-refractivity contribution in [2.24, 2.45) is 0 Å². The molecule has 3 aromatic heterocycles. The molecule has 0 saturated carbocycles. The Balaban J connectivity index is 1.44. The van der Waals surface area contributed by atoms with Crippen LogP contribution in [0.4, 0.5) is 16.2 Å². The number of urea groups is 1. The fourth-order valence-corrected chi connectivity index (χ4v) is 3.69. The molecule has 0 aliphatic rings. The predicted octanol–water partition coefficient (Wildman–Crippen LogP) is 5.87. The van der Waals surface area contributed by atoms with E-state index >= 15 is 0 Å². The molecular formula is C24H20ClN5O2. The lowest BCUT2D eigenvalue weighted by Crippen LogP contribution is -2.20. The molecule has 160 valence electrons. The molecule has 8 heteroatoms. The number of pyridine rings is 1. The summed E-state index contributed by atoms with van der Waals surface area (Å²) < 4.78 is 46.2. The molecule has 7 nitrogen and oxygen atoms in total. The molecule has 0 bridgehead atoms. The molecule has 0 radical (unpaired) electrons. The second-order valence-corrected chi connectivity index (χ2v) is 7.40. The number of benzene rings is 2. The van der Waals surface area contributed by atoms with E-state index in [4.69, 9.17) is 23.2 Å². The van der Waals surface area contributed by atoms with Gasteiger partial charge in [0.05, 0.1) is 30.8 Å². The van der Waals surface area contributed by atoms with Gasteiger partial charge in [-0.3, -0.25) is 0 Å². The molecule has 0 aliphatic carbocycles. The first-order valence-corrected chi connectivity index (χ1v) is 10.0. The Bertz CT molecular complexity index is 1630. The molecule has 5 aromatic rings. The molecule has 0 aliphatic heterocycles. The van der Waals surface area contributed by atoms with Crippen LogP contribution in [-0.2, 0) is 6.50 Å². The standard InChI is InChI=1S/C24H20ClN5O2/c1-32-22-8-7-16(25)12-20(22)29-24(31)28-19-5-2-6-21-18(19)9-11-30(21)14-15-13-27-23-17(15)4-3-10-26-23/h2-13H,14H2,1H3,(H,26,27)(H2,28,29,31)/i1D3,14D2. The van der Waals surface area contributed by atoms with Crippen LogP contribution in [0.15, 0.2) is 73.2 Å². The molecule has 3 heterocycles. The SMILES string of the molecule is [2H]C([2H])([2H])Oc1ccc(Cl)cc1NC(=O)Nc1cccc2c1ccn2C([2H])([2H])c1c[nH]c2ncccc12. The van der Waals surface area contributed by atoms with Crippen LogP contribution in [0.2, 0.25) is 5.02 Å². The normalized spacial score (nSPS) is 14.2. The van der Waals surface area contributed by atoms with E-state index in [2.05, 4.69) is 20.6 Å². The monoisotopic (exact) mass is 450 g/mol. The van der Waals surface area contributed by atoms with Crippen molar-refractivity contribution >= 4 is 50.9 Å². The molecular weight excluding hydrogens is 426 g/mol. The number of halogens is 1. The molecule has 32 heavy (non-hydrogen) atoms. The van der Waals surface area contributed by atoms with Crippen molar-refractivity contribution in [3.8, 4) is 5.75 Å². The van der Waals surface area contributed by atoms with E-state index in [0.29, 0.717) is 33.2 Å². The topological polar surface area (TPSA) is 84.0 Å². The minimum absolute atomic E-state index is 0.0645. The van der Waals surface area contributed by atoms with E-state index in [9.17, 15) is 4.79 Å². The summed E-state index contributed by atoms with van der Waals surface area (Å²) in [5.41, 5.74) is 2.06. The summed E-state index contributed by atoms with van der Waals surface area (Å²) in [6, 6.07) is 13.9. The Kier molecular flexibility index (Phi) is 3.86. The van der Waals surface area contributed by atoms with Crippen molar-refractivity contribution in [3.05, 3.63) is 83.8 Å². The van der Waals surface area contributed by atoms with E-state index in [-0.39, 0.29) is 16.5 Å². The van der Waals surface area contributed by atoms with Gasteiger partial charge in [0.1, 0.15) is 11.4 Å². The van der Waals surface area contributed by atoms with Gasteiger partial charge in [-0.25, -0.2) is 9.78 Å². The fraction of sp³-hybridized carbons (Fsp3) is 0.0833. The van der Waals surface area contributed by atoms with Crippen LogP contribution in [0.5, 0.6) is 5.75 Å². The van der Waals surface area contributed by atoms with Crippen molar-refractivity contribution in [3.63, 3.8) is 0 Å². The van der Waals surface area contributed by atoms with E-state index in [1.54, 1.807) is 55.0 Å². The number of aromatic nitrogens is 3. The number of nitrogens with zero attached hydrogens (tertiary/aromatic N) is 2. The van der Waals surface area contributed by atoms with Crippen LogP contribution in [0, 0.1) is 0 Å². The molecule has 2 amide bonds. The largest absolute Gasteiger partial charge is 0.495 e. The number of fused-ring (bicyclic) bond motifs is 2. The van der Waals surface area contributed by atoms with Crippen molar-refractivity contribution in [2.75, 3.05) is 17.7 Å². The zero-order valence-electron chi connectivity index (χ0n) is 21.5. The lowest BCUT2D eigenvalue weighted by molar-refractivity contribution is 0.262. The summed E-state index contributed by atoms with van der Waals surface area (Å²) in [6.07, 6.45) is 4.85. The maximum Gasteiger partial charge on any atom is 0.323 e. The Morgan fingerprint density at radius 1 is 1.19 bits per heavy atom. The van der Waals surface area contributed by atoms with Gasteiger partial charge in [0.2, 0.25) is 0 Å². The molecule has 0 spiro atoms. The van der Waals surface area contributed by atoms with Crippen LogP contribution >= 0.6 is 11.6 Å². The summed E-state index contributed by atoms with van der Waals surface area (Å²) in [6.45, 7) is -1.92. The third kappa shape index (κ3) is 3.74. The molecule has 5 rings (SSSR count).